The van der Waals surface area contributed by atoms with E-state index in [1.807, 2.05) is 6.92 Å². The van der Waals surface area contributed by atoms with Crippen LogP contribution in [0.2, 0.25) is 4.34 Å². The van der Waals surface area contributed by atoms with Crippen LogP contribution in [0.15, 0.2) is 12.1 Å². The molecule has 0 fully saturated rings. The molecule has 0 aliphatic carbocycles. The summed E-state index contributed by atoms with van der Waals surface area (Å²) in [5.41, 5.74) is 0. The lowest BCUT2D eigenvalue weighted by atomic mass is 10.3. The van der Waals surface area contributed by atoms with Gasteiger partial charge in [0.15, 0.2) is 0 Å². The van der Waals surface area contributed by atoms with Gasteiger partial charge in [-0.05, 0) is 25.5 Å². The molecule has 1 heterocycles. The molecule has 0 spiro atoms. The maximum atomic E-state index is 11.7. The van der Waals surface area contributed by atoms with Crippen LogP contribution in [0.1, 0.15) is 29.9 Å². The third-order valence-corrected chi connectivity index (χ3v) is 3.32. The van der Waals surface area contributed by atoms with Crippen LogP contribution < -0.4 is 10.6 Å². The van der Waals surface area contributed by atoms with Gasteiger partial charge in [-0.1, -0.05) is 18.5 Å². The van der Waals surface area contributed by atoms with Crippen LogP contribution in [0.25, 0.3) is 0 Å². The fourth-order valence-electron chi connectivity index (χ4n) is 1.17. The zero-order valence-corrected chi connectivity index (χ0v) is 11.3. The molecule has 2 amide bonds. The maximum absolute atomic E-state index is 11.7. The number of hydrogen-bond acceptors (Lipinski definition) is 3. The van der Waals surface area contributed by atoms with Crippen LogP contribution in [0.4, 0.5) is 0 Å². The first-order valence-corrected chi connectivity index (χ1v) is 6.58. The number of amides is 2. The molecule has 6 heteroatoms. The van der Waals surface area contributed by atoms with E-state index in [-0.39, 0.29) is 11.8 Å². The number of hydrogen-bond donors (Lipinski definition) is 2. The van der Waals surface area contributed by atoms with Crippen molar-refractivity contribution >= 4 is 34.8 Å². The van der Waals surface area contributed by atoms with Crippen LogP contribution in [0.3, 0.4) is 0 Å². The predicted molar refractivity (Wildman–Crippen MR) is 69.6 cm³/mol. The standard InChI is InChI=1S/C11H15ClN2O2S/c1-3-6-13-10(15)7(2)14-11(16)8-4-5-9(12)17-8/h4-5,7H,3,6H2,1-2H3,(H,13,15)(H,14,16). The number of nitrogens with one attached hydrogen (secondary N) is 2. The van der Waals surface area contributed by atoms with E-state index in [2.05, 4.69) is 10.6 Å². The van der Waals surface area contributed by atoms with Gasteiger partial charge in [0.1, 0.15) is 6.04 Å². The third-order valence-electron chi connectivity index (χ3n) is 2.09. The average Bonchev–Trinajstić information content (AvgIpc) is 2.72. The van der Waals surface area contributed by atoms with Crippen LogP contribution in [-0.4, -0.2) is 24.4 Å². The Bertz CT molecular complexity index is 406. The molecule has 17 heavy (non-hydrogen) atoms. The first-order valence-electron chi connectivity index (χ1n) is 5.38. The van der Waals surface area contributed by atoms with E-state index >= 15 is 0 Å². The van der Waals surface area contributed by atoms with Gasteiger partial charge in [-0.15, -0.1) is 11.3 Å². The fourth-order valence-corrected chi connectivity index (χ4v) is 2.12. The highest BCUT2D eigenvalue weighted by atomic mass is 35.5. The minimum Gasteiger partial charge on any atom is -0.354 e. The van der Waals surface area contributed by atoms with Gasteiger partial charge in [0.25, 0.3) is 5.91 Å². The molecule has 2 N–H and O–H groups in total. The number of rotatable bonds is 5. The second-order valence-electron chi connectivity index (χ2n) is 3.59. The lowest BCUT2D eigenvalue weighted by Gasteiger charge is -2.12. The molecule has 0 radical (unpaired) electrons. The normalized spacial score (nSPS) is 11.9. The largest absolute Gasteiger partial charge is 0.354 e. The predicted octanol–water partition coefficient (Wildman–Crippen LogP) is 2.05. The maximum Gasteiger partial charge on any atom is 0.262 e. The van der Waals surface area contributed by atoms with Gasteiger partial charge in [0, 0.05) is 6.54 Å². The summed E-state index contributed by atoms with van der Waals surface area (Å²) in [6.45, 7) is 4.24. The lowest BCUT2D eigenvalue weighted by Crippen LogP contribution is -2.44. The lowest BCUT2D eigenvalue weighted by molar-refractivity contribution is -0.122. The van der Waals surface area contributed by atoms with E-state index in [0.29, 0.717) is 15.8 Å². The summed E-state index contributed by atoms with van der Waals surface area (Å²) in [6.07, 6.45) is 0.868. The minimum absolute atomic E-state index is 0.178. The zero-order valence-electron chi connectivity index (χ0n) is 9.75. The molecule has 1 aromatic heterocycles. The van der Waals surface area contributed by atoms with Crippen molar-refractivity contribution in [3.05, 3.63) is 21.3 Å². The minimum atomic E-state index is -0.546. The molecule has 0 aromatic carbocycles. The molecule has 94 valence electrons. The van der Waals surface area contributed by atoms with E-state index in [1.165, 1.54) is 11.3 Å². The van der Waals surface area contributed by atoms with Crippen molar-refractivity contribution in [1.29, 1.82) is 0 Å². The van der Waals surface area contributed by atoms with Gasteiger partial charge in [-0.25, -0.2) is 0 Å². The molecule has 0 aliphatic heterocycles. The van der Waals surface area contributed by atoms with Crippen molar-refractivity contribution in [2.45, 2.75) is 26.3 Å². The van der Waals surface area contributed by atoms with Gasteiger partial charge < -0.3 is 10.6 Å². The Balaban J connectivity index is 2.48. The van der Waals surface area contributed by atoms with E-state index in [0.717, 1.165) is 6.42 Å². The highest BCUT2D eigenvalue weighted by Gasteiger charge is 2.16. The van der Waals surface area contributed by atoms with Gasteiger partial charge in [-0.2, -0.15) is 0 Å². The van der Waals surface area contributed by atoms with E-state index in [4.69, 9.17) is 11.6 Å². The van der Waals surface area contributed by atoms with Gasteiger partial charge in [-0.3, -0.25) is 9.59 Å². The first-order chi connectivity index (χ1) is 8.04. The van der Waals surface area contributed by atoms with Crippen LogP contribution >= 0.6 is 22.9 Å². The highest BCUT2D eigenvalue weighted by molar-refractivity contribution is 7.18. The van der Waals surface area contributed by atoms with Crippen molar-refractivity contribution in [2.24, 2.45) is 0 Å². The quantitative estimate of drug-likeness (QED) is 0.863. The van der Waals surface area contributed by atoms with Crippen LogP contribution in [0, 0.1) is 0 Å². The Morgan fingerprint density at radius 2 is 2.18 bits per heavy atom. The van der Waals surface area contributed by atoms with Crippen LogP contribution in [-0.2, 0) is 4.79 Å². The molecule has 1 atom stereocenters. The first kappa shape index (κ1) is 14.0. The fraction of sp³-hybridized carbons (Fsp3) is 0.455. The second-order valence-corrected chi connectivity index (χ2v) is 5.31. The summed E-state index contributed by atoms with van der Waals surface area (Å²) >= 11 is 6.92. The Morgan fingerprint density at radius 3 is 2.71 bits per heavy atom. The summed E-state index contributed by atoms with van der Waals surface area (Å²) in [5, 5.41) is 5.34. The Kier molecular flexibility index (Phi) is 5.44. The molecular formula is C11H15ClN2O2S. The van der Waals surface area contributed by atoms with Crippen LogP contribution in [0.5, 0.6) is 0 Å². The Labute approximate surface area is 109 Å². The summed E-state index contributed by atoms with van der Waals surface area (Å²) in [7, 11) is 0. The van der Waals surface area contributed by atoms with Crippen molar-refractivity contribution in [2.75, 3.05) is 6.54 Å². The topological polar surface area (TPSA) is 58.2 Å². The van der Waals surface area contributed by atoms with E-state index < -0.39 is 6.04 Å². The zero-order chi connectivity index (χ0) is 12.8. The molecular weight excluding hydrogens is 260 g/mol. The molecule has 0 saturated carbocycles. The number of thiophene rings is 1. The molecule has 1 rings (SSSR count). The van der Waals surface area contributed by atoms with Crippen molar-refractivity contribution in [3.63, 3.8) is 0 Å². The molecule has 0 saturated heterocycles. The molecule has 1 unspecified atom stereocenters. The van der Waals surface area contributed by atoms with Gasteiger partial charge in [0.05, 0.1) is 9.21 Å². The highest BCUT2D eigenvalue weighted by Crippen LogP contribution is 2.21. The molecule has 1 aromatic rings. The summed E-state index contributed by atoms with van der Waals surface area (Å²) in [4.78, 5) is 23.7. The monoisotopic (exact) mass is 274 g/mol. The summed E-state index contributed by atoms with van der Waals surface area (Å²) < 4.78 is 0.554. The summed E-state index contributed by atoms with van der Waals surface area (Å²) in [5.74, 6) is -0.455. The number of halogens is 1. The molecule has 0 aliphatic rings. The number of carbonyl (C=O) groups excluding carboxylic acids is 2. The smallest absolute Gasteiger partial charge is 0.262 e. The summed E-state index contributed by atoms with van der Waals surface area (Å²) in [6, 6.07) is 2.75. The van der Waals surface area contributed by atoms with E-state index in [9.17, 15) is 9.59 Å². The average molecular weight is 275 g/mol. The van der Waals surface area contributed by atoms with Gasteiger partial charge >= 0.3 is 0 Å². The van der Waals surface area contributed by atoms with Crippen molar-refractivity contribution in [3.8, 4) is 0 Å². The van der Waals surface area contributed by atoms with Gasteiger partial charge in [0.2, 0.25) is 5.91 Å². The van der Waals surface area contributed by atoms with Crippen molar-refractivity contribution in [1.82, 2.24) is 10.6 Å². The number of carbonyl (C=O) groups is 2. The van der Waals surface area contributed by atoms with Crippen molar-refractivity contribution < 1.29 is 9.59 Å². The molecule has 0 bridgehead atoms. The third kappa shape index (κ3) is 4.36. The Hall–Kier alpha value is -1.07. The molecule has 4 nitrogen and oxygen atoms in total. The second kappa shape index (κ2) is 6.61. The Morgan fingerprint density at radius 1 is 1.47 bits per heavy atom. The SMILES string of the molecule is CCCNC(=O)C(C)NC(=O)c1ccc(Cl)s1. The van der Waals surface area contributed by atoms with E-state index in [1.54, 1.807) is 19.1 Å².